The van der Waals surface area contributed by atoms with E-state index in [0.717, 1.165) is 30.9 Å². The summed E-state index contributed by atoms with van der Waals surface area (Å²) in [5, 5.41) is 3.69. The van der Waals surface area contributed by atoms with Gasteiger partial charge in [-0.05, 0) is 49.8 Å². The molecule has 3 nitrogen and oxygen atoms in total. The molecule has 1 heterocycles. The smallest absolute Gasteiger partial charge is 0.232 e. The average Bonchev–Trinajstić information content (AvgIpc) is 2.37. The van der Waals surface area contributed by atoms with E-state index in [9.17, 15) is 0 Å². The first-order valence-corrected chi connectivity index (χ1v) is 7.43. The topological polar surface area (TPSA) is 34.2 Å². The standard InChI is InChI=1S/C15H23ClN2O/c1-10-4-5-13(6-11(10)2)19-15-14(16)7-12(8-17-3)9-18-15/h7,9-11,13,17H,4-6,8H2,1-3H3. The molecular weight excluding hydrogens is 260 g/mol. The summed E-state index contributed by atoms with van der Waals surface area (Å²) in [6.07, 6.45) is 5.50. The van der Waals surface area contributed by atoms with Crippen molar-refractivity contribution in [2.45, 2.75) is 45.8 Å². The zero-order valence-electron chi connectivity index (χ0n) is 11.9. The molecule has 3 unspecified atom stereocenters. The zero-order chi connectivity index (χ0) is 13.8. The van der Waals surface area contributed by atoms with Crippen LogP contribution in [0.5, 0.6) is 5.88 Å². The monoisotopic (exact) mass is 282 g/mol. The molecule has 0 saturated heterocycles. The quantitative estimate of drug-likeness (QED) is 0.915. The largest absolute Gasteiger partial charge is 0.473 e. The second-order valence-electron chi connectivity index (χ2n) is 5.67. The van der Waals surface area contributed by atoms with Crippen molar-refractivity contribution in [1.29, 1.82) is 0 Å². The molecule has 0 radical (unpaired) electrons. The van der Waals surface area contributed by atoms with Crippen LogP contribution in [0.2, 0.25) is 5.02 Å². The third-order valence-corrected chi connectivity index (χ3v) is 4.34. The minimum atomic E-state index is 0.256. The van der Waals surface area contributed by atoms with Crippen molar-refractivity contribution in [1.82, 2.24) is 10.3 Å². The van der Waals surface area contributed by atoms with Crippen molar-refractivity contribution in [3.8, 4) is 5.88 Å². The van der Waals surface area contributed by atoms with Crippen LogP contribution in [0.4, 0.5) is 0 Å². The maximum Gasteiger partial charge on any atom is 0.232 e. The van der Waals surface area contributed by atoms with Gasteiger partial charge in [-0.2, -0.15) is 0 Å². The maximum atomic E-state index is 6.23. The van der Waals surface area contributed by atoms with E-state index in [1.54, 1.807) is 0 Å². The van der Waals surface area contributed by atoms with Crippen LogP contribution < -0.4 is 10.1 Å². The molecule has 0 amide bonds. The van der Waals surface area contributed by atoms with Crippen LogP contribution in [0.3, 0.4) is 0 Å². The summed E-state index contributed by atoms with van der Waals surface area (Å²) in [5.41, 5.74) is 1.07. The Bertz CT molecular complexity index is 425. The molecule has 0 aliphatic heterocycles. The maximum absolute atomic E-state index is 6.23. The van der Waals surface area contributed by atoms with Gasteiger partial charge in [0.1, 0.15) is 11.1 Å². The number of nitrogens with one attached hydrogen (secondary N) is 1. The van der Waals surface area contributed by atoms with Crippen LogP contribution in [0.25, 0.3) is 0 Å². The molecule has 106 valence electrons. The van der Waals surface area contributed by atoms with Crippen LogP contribution in [-0.2, 0) is 6.54 Å². The van der Waals surface area contributed by atoms with Gasteiger partial charge in [-0.15, -0.1) is 0 Å². The summed E-state index contributed by atoms with van der Waals surface area (Å²) in [4.78, 5) is 4.34. The molecule has 1 aliphatic carbocycles. The fraction of sp³-hybridized carbons (Fsp3) is 0.667. The number of pyridine rings is 1. The van der Waals surface area contributed by atoms with Crippen LogP contribution in [-0.4, -0.2) is 18.1 Å². The van der Waals surface area contributed by atoms with Gasteiger partial charge in [-0.25, -0.2) is 4.98 Å². The first-order chi connectivity index (χ1) is 9.10. The summed E-state index contributed by atoms with van der Waals surface area (Å²) < 4.78 is 5.97. The minimum Gasteiger partial charge on any atom is -0.473 e. The van der Waals surface area contributed by atoms with E-state index < -0.39 is 0 Å². The van der Waals surface area contributed by atoms with E-state index in [2.05, 4.69) is 24.1 Å². The zero-order valence-corrected chi connectivity index (χ0v) is 12.7. The van der Waals surface area contributed by atoms with E-state index in [4.69, 9.17) is 16.3 Å². The Morgan fingerprint density at radius 3 is 2.79 bits per heavy atom. The second-order valence-corrected chi connectivity index (χ2v) is 6.08. The lowest BCUT2D eigenvalue weighted by Gasteiger charge is -2.32. The fourth-order valence-corrected chi connectivity index (χ4v) is 2.85. The van der Waals surface area contributed by atoms with E-state index in [-0.39, 0.29) is 6.10 Å². The Labute approximate surface area is 120 Å². The molecule has 3 atom stereocenters. The Kier molecular flexibility index (Phi) is 5.06. The summed E-state index contributed by atoms with van der Waals surface area (Å²) in [7, 11) is 1.91. The molecule has 0 bridgehead atoms. The predicted octanol–water partition coefficient (Wildman–Crippen LogP) is 3.66. The molecule has 1 fully saturated rings. The molecule has 1 aromatic rings. The van der Waals surface area contributed by atoms with Crippen molar-refractivity contribution >= 4 is 11.6 Å². The minimum absolute atomic E-state index is 0.256. The predicted molar refractivity (Wildman–Crippen MR) is 78.6 cm³/mol. The molecule has 1 saturated carbocycles. The van der Waals surface area contributed by atoms with Gasteiger partial charge < -0.3 is 10.1 Å². The number of nitrogens with zero attached hydrogens (tertiary/aromatic N) is 1. The van der Waals surface area contributed by atoms with Gasteiger partial charge in [0, 0.05) is 12.7 Å². The fourth-order valence-electron chi connectivity index (χ4n) is 2.62. The molecule has 2 rings (SSSR count). The molecule has 0 aromatic carbocycles. The number of hydrogen-bond donors (Lipinski definition) is 1. The molecule has 1 N–H and O–H groups in total. The molecule has 1 aromatic heterocycles. The van der Waals surface area contributed by atoms with E-state index in [1.807, 2.05) is 19.3 Å². The summed E-state index contributed by atoms with van der Waals surface area (Å²) in [6.45, 7) is 5.38. The SMILES string of the molecule is CNCc1cnc(OC2CCC(C)C(C)C2)c(Cl)c1. The van der Waals surface area contributed by atoms with Crippen molar-refractivity contribution in [3.05, 3.63) is 22.8 Å². The van der Waals surface area contributed by atoms with Crippen LogP contribution >= 0.6 is 11.6 Å². The highest BCUT2D eigenvalue weighted by atomic mass is 35.5. The van der Waals surface area contributed by atoms with Gasteiger partial charge in [0.2, 0.25) is 5.88 Å². The molecular formula is C15H23ClN2O. The highest BCUT2D eigenvalue weighted by Crippen LogP contribution is 2.33. The normalized spacial score (nSPS) is 27.3. The molecule has 4 heteroatoms. The highest BCUT2D eigenvalue weighted by Gasteiger charge is 2.26. The van der Waals surface area contributed by atoms with E-state index in [0.29, 0.717) is 16.8 Å². The highest BCUT2D eigenvalue weighted by molar-refractivity contribution is 6.31. The average molecular weight is 283 g/mol. The third-order valence-electron chi connectivity index (χ3n) is 4.07. The number of aromatic nitrogens is 1. The number of hydrogen-bond acceptors (Lipinski definition) is 3. The Balaban J connectivity index is 1.99. The van der Waals surface area contributed by atoms with Gasteiger partial charge in [0.05, 0.1) is 0 Å². The third kappa shape index (κ3) is 3.83. The van der Waals surface area contributed by atoms with Crippen molar-refractivity contribution in [3.63, 3.8) is 0 Å². The molecule has 19 heavy (non-hydrogen) atoms. The Morgan fingerprint density at radius 1 is 1.37 bits per heavy atom. The lowest BCUT2D eigenvalue weighted by atomic mass is 9.80. The van der Waals surface area contributed by atoms with Gasteiger partial charge in [0.15, 0.2) is 0 Å². The van der Waals surface area contributed by atoms with Gasteiger partial charge >= 0.3 is 0 Å². The molecule has 0 spiro atoms. The first-order valence-electron chi connectivity index (χ1n) is 7.05. The summed E-state index contributed by atoms with van der Waals surface area (Å²) >= 11 is 6.23. The van der Waals surface area contributed by atoms with Crippen molar-refractivity contribution < 1.29 is 4.74 Å². The van der Waals surface area contributed by atoms with E-state index in [1.165, 1.54) is 6.42 Å². The molecule has 1 aliphatic rings. The van der Waals surface area contributed by atoms with Gasteiger partial charge in [0.25, 0.3) is 0 Å². The van der Waals surface area contributed by atoms with Crippen molar-refractivity contribution in [2.24, 2.45) is 11.8 Å². The number of rotatable bonds is 4. The van der Waals surface area contributed by atoms with Gasteiger partial charge in [-0.3, -0.25) is 0 Å². The van der Waals surface area contributed by atoms with Crippen LogP contribution in [0.1, 0.15) is 38.7 Å². The first kappa shape index (κ1) is 14.6. The second kappa shape index (κ2) is 6.58. The number of ether oxygens (including phenoxy) is 1. The van der Waals surface area contributed by atoms with Gasteiger partial charge in [-0.1, -0.05) is 25.4 Å². The Hall–Kier alpha value is -0.800. The summed E-state index contributed by atoms with van der Waals surface area (Å²) in [5.74, 6) is 2.08. The van der Waals surface area contributed by atoms with Crippen LogP contribution in [0, 0.1) is 11.8 Å². The Morgan fingerprint density at radius 2 is 2.16 bits per heavy atom. The van der Waals surface area contributed by atoms with Crippen molar-refractivity contribution in [2.75, 3.05) is 7.05 Å². The lowest BCUT2D eigenvalue weighted by Crippen LogP contribution is -2.29. The number of halogens is 1. The van der Waals surface area contributed by atoms with Crippen LogP contribution in [0.15, 0.2) is 12.3 Å². The van der Waals surface area contributed by atoms with E-state index >= 15 is 0 Å². The summed E-state index contributed by atoms with van der Waals surface area (Å²) in [6, 6.07) is 1.93. The lowest BCUT2D eigenvalue weighted by molar-refractivity contribution is 0.0965.